The van der Waals surface area contributed by atoms with Gasteiger partial charge in [-0.2, -0.15) is 4.98 Å². The van der Waals surface area contributed by atoms with Gasteiger partial charge in [0.15, 0.2) is 0 Å². The van der Waals surface area contributed by atoms with Crippen molar-refractivity contribution in [2.75, 3.05) is 0 Å². The molecule has 2 rings (SSSR count). The highest BCUT2D eigenvalue weighted by atomic mass is 79.9. The number of nitrogens with zero attached hydrogens (tertiary/aromatic N) is 2. The molecule has 0 aliphatic heterocycles. The number of halogens is 1. The van der Waals surface area contributed by atoms with Gasteiger partial charge in [-0.25, -0.2) is 0 Å². The van der Waals surface area contributed by atoms with Gasteiger partial charge in [0.2, 0.25) is 11.6 Å². The summed E-state index contributed by atoms with van der Waals surface area (Å²) in [5, 5.41) is 3.56. The number of ketones is 1. The van der Waals surface area contributed by atoms with E-state index < -0.39 is 0 Å². The van der Waals surface area contributed by atoms with Gasteiger partial charge in [0.05, 0.1) is 8.66 Å². The van der Waals surface area contributed by atoms with Crippen molar-refractivity contribution in [3.8, 4) is 10.8 Å². The lowest BCUT2D eigenvalue weighted by Gasteiger charge is -1.82. The minimum atomic E-state index is -0.198. The van der Waals surface area contributed by atoms with Crippen molar-refractivity contribution in [1.82, 2.24) is 10.1 Å². The maximum absolute atomic E-state index is 10.9. The van der Waals surface area contributed by atoms with Crippen molar-refractivity contribution in [3.05, 3.63) is 21.7 Å². The van der Waals surface area contributed by atoms with Crippen molar-refractivity contribution >= 4 is 33.0 Å². The average Bonchev–Trinajstić information content (AvgIpc) is 2.70. The SMILES string of the molecule is CC(=O)c1noc(-c2ccc(Br)s2)n1. The third-order valence-electron chi connectivity index (χ3n) is 1.52. The first kappa shape index (κ1) is 9.54. The highest BCUT2D eigenvalue weighted by molar-refractivity contribution is 9.11. The number of hydrogen-bond donors (Lipinski definition) is 0. The first-order valence-electron chi connectivity index (χ1n) is 3.77. The summed E-state index contributed by atoms with van der Waals surface area (Å²) in [5.74, 6) is 0.297. The zero-order chi connectivity index (χ0) is 10.1. The number of carbonyl (C=O) groups excluding carboxylic acids is 1. The molecule has 0 aliphatic carbocycles. The molecule has 6 heteroatoms. The van der Waals surface area contributed by atoms with Gasteiger partial charge in [-0.15, -0.1) is 11.3 Å². The molecule has 0 aliphatic rings. The number of Topliss-reactive ketones (excluding diaryl/α,β-unsaturated/α-hetero) is 1. The smallest absolute Gasteiger partial charge is 0.268 e. The molecular weight excluding hydrogens is 268 g/mol. The summed E-state index contributed by atoms with van der Waals surface area (Å²) in [6.07, 6.45) is 0. The van der Waals surface area contributed by atoms with Crippen LogP contribution in [0.4, 0.5) is 0 Å². The Balaban J connectivity index is 2.38. The van der Waals surface area contributed by atoms with Crippen molar-refractivity contribution in [2.24, 2.45) is 0 Å². The van der Waals surface area contributed by atoms with Gasteiger partial charge >= 0.3 is 0 Å². The topological polar surface area (TPSA) is 56.0 Å². The first-order chi connectivity index (χ1) is 6.66. The predicted octanol–water partition coefficient (Wildman–Crippen LogP) is 2.76. The molecule has 0 aromatic carbocycles. The van der Waals surface area contributed by atoms with Gasteiger partial charge in [0.1, 0.15) is 0 Å². The quantitative estimate of drug-likeness (QED) is 0.789. The molecule has 0 radical (unpaired) electrons. The van der Waals surface area contributed by atoms with E-state index in [4.69, 9.17) is 4.52 Å². The minimum Gasteiger partial charge on any atom is -0.333 e. The predicted molar refractivity (Wildman–Crippen MR) is 55.3 cm³/mol. The Bertz CT molecular complexity index is 477. The van der Waals surface area contributed by atoms with Crippen molar-refractivity contribution in [3.63, 3.8) is 0 Å². The molecule has 4 nitrogen and oxygen atoms in total. The first-order valence-corrected chi connectivity index (χ1v) is 5.38. The molecule has 2 aromatic heterocycles. The molecular formula is C8H5BrN2O2S. The lowest BCUT2D eigenvalue weighted by Crippen LogP contribution is -1.93. The molecule has 0 saturated heterocycles. The summed E-state index contributed by atoms with van der Waals surface area (Å²) in [4.78, 5) is 15.7. The largest absolute Gasteiger partial charge is 0.333 e. The van der Waals surface area contributed by atoms with E-state index >= 15 is 0 Å². The van der Waals surface area contributed by atoms with Gasteiger partial charge in [0, 0.05) is 6.92 Å². The van der Waals surface area contributed by atoms with Gasteiger partial charge in [-0.1, -0.05) is 5.16 Å². The molecule has 2 heterocycles. The van der Waals surface area contributed by atoms with Crippen LogP contribution in [0, 0.1) is 0 Å². The van der Waals surface area contributed by atoms with Crippen molar-refractivity contribution in [1.29, 1.82) is 0 Å². The van der Waals surface area contributed by atoms with Gasteiger partial charge in [-0.3, -0.25) is 4.79 Å². The van der Waals surface area contributed by atoms with E-state index in [1.54, 1.807) is 0 Å². The molecule has 0 fully saturated rings. The van der Waals surface area contributed by atoms with E-state index in [1.807, 2.05) is 12.1 Å². The molecule has 0 atom stereocenters. The number of thiophene rings is 1. The molecule has 0 bridgehead atoms. The fourth-order valence-corrected chi connectivity index (χ4v) is 2.20. The average molecular weight is 273 g/mol. The third kappa shape index (κ3) is 1.76. The Morgan fingerprint density at radius 2 is 2.36 bits per heavy atom. The molecule has 0 N–H and O–H groups in total. The van der Waals surface area contributed by atoms with Crippen LogP contribution in [-0.4, -0.2) is 15.9 Å². The maximum atomic E-state index is 10.9. The van der Waals surface area contributed by atoms with Gasteiger partial charge < -0.3 is 4.52 Å². The van der Waals surface area contributed by atoms with Crippen LogP contribution < -0.4 is 0 Å². The Morgan fingerprint density at radius 3 is 2.86 bits per heavy atom. The van der Waals surface area contributed by atoms with Gasteiger partial charge in [0.25, 0.3) is 5.89 Å². The van der Waals surface area contributed by atoms with Gasteiger partial charge in [-0.05, 0) is 28.1 Å². The fraction of sp³-hybridized carbons (Fsp3) is 0.125. The summed E-state index contributed by atoms with van der Waals surface area (Å²) in [6.45, 7) is 1.40. The molecule has 0 saturated carbocycles. The summed E-state index contributed by atoms with van der Waals surface area (Å²) in [6, 6.07) is 3.74. The Hall–Kier alpha value is -1.01. The van der Waals surface area contributed by atoms with E-state index in [0.717, 1.165) is 8.66 Å². The van der Waals surface area contributed by atoms with E-state index in [1.165, 1.54) is 18.3 Å². The van der Waals surface area contributed by atoms with Crippen LogP contribution >= 0.6 is 27.3 Å². The zero-order valence-electron chi connectivity index (χ0n) is 7.15. The Morgan fingerprint density at radius 1 is 1.57 bits per heavy atom. The summed E-state index contributed by atoms with van der Waals surface area (Å²) in [5.41, 5.74) is 0. The summed E-state index contributed by atoms with van der Waals surface area (Å²) < 4.78 is 5.91. The number of aromatic nitrogens is 2. The second-order valence-electron chi connectivity index (χ2n) is 2.58. The summed E-state index contributed by atoms with van der Waals surface area (Å²) >= 11 is 4.80. The fourth-order valence-electron chi connectivity index (χ4n) is 0.896. The van der Waals surface area contributed by atoms with E-state index in [0.29, 0.717) is 5.89 Å². The second kappa shape index (κ2) is 3.62. The maximum Gasteiger partial charge on any atom is 0.268 e. The normalized spacial score (nSPS) is 10.4. The van der Waals surface area contributed by atoms with Crippen LogP contribution in [0.5, 0.6) is 0 Å². The Labute approximate surface area is 92.1 Å². The van der Waals surface area contributed by atoms with Crippen LogP contribution in [0.1, 0.15) is 17.5 Å². The van der Waals surface area contributed by atoms with E-state index in [2.05, 4.69) is 26.1 Å². The highest BCUT2D eigenvalue weighted by Crippen LogP contribution is 2.29. The number of rotatable bonds is 2. The van der Waals surface area contributed by atoms with Crippen molar-refractivity contribution < 1.29 is 9.32 Å². The van der Waals surface area contributed by atoms with Crippen LogP contribution in [0.3, 0.4) is 0 Å². The standard InChI is InChI=1S/C8H5BrN2O2S/c1-4(12)7-10-8(13-11-7)5-2-3-6(9)14-5/h2-3H,1H3. The lowest BCUT2D eigenvalue weighted by molar-refractivity contribution is 0.100. The van der Waals surface area contributed by atoms with E-state index in [9.17, 15) is 4.79 Å². The summed E-state index contributed by atoms with van der Waals surface area (Å²) in [7, 11) is 0. The molecule has 2 aromatic rings. The molecule has 0 unspecified atom stereocenters. The monoisotopic (exact) mass is 272 g/mol. The molecule has 14 heavy (non-hydrogen) atoms. The molecule has 0 spiro atoms. The van der Waals surface area contributed by atoms with Crippen LogP contribution in [0.15, 0.2) is 20.4 Å². The minimum absolute atomic E-state index is 0.115. The number of carbonyl (C=O) groups is 1. The van der Waals surface area contributed by atoms with E-state index in [-0.39, 0.29) is 11.6 Å². The molecule has 0 amide bonds. The highest BCUT2D eigenvalue weighted by Gasteiger charge is 2.13. The van der Waals surface area contributed by atoms with Crippen LogP contribution in [0.25, 0.3) is 10.8 Å². The lowest BCUT2D eigenvalue weighted by atomic mass is 10.4. The third-order valence-corrected chi connectivity index (χ3v) is 3.14. The second-order valence-corrected chi connectivity index (χ2v) is 5.05. The van der Waals surface area contributed by atoms with Crippen molar-refractivity contribution in [2.45, 2.75) is 6.92 Å². The molecule has 72 valence electrons. The Kier molecular flexibility index (Phi) is 2.47. The van der Waals surface area contributed by atoms with Crippen LogP contribution in [-0.2, 0) is 0 Å². The number of hydrogen-bond acceptors (Lipinski definition) is 5. The van der Waals surface area contributed by atoms with Crippen LogP contribution in [0.2, 0.25) is 0 Å². The zero-order valence-corrected chi connectivity index (χ0v) is 9.55.